The molecule has 1 fully saturated rings. The number of halogens is 3. The predicted octanol–water partition coefficient (Wildman–Crippen LogP) is 3.31. The van der Waals surface area contributed by atoms with E-state index in [0.717, 1.165) is 31.8 Å². The van der Waals surface area contributed by atoms with Crippen molar-refractivity contribution in [3.63, 3.8) is 0 Å². The first-order valence-electron chi connectivity index (χ1n) is 10.9. The van der Waals surface area contributed by atoms with Crippen LogP contribution in [0.2, 0.25) is 0 Å². The van der Waals surface area contributed by atoms with Gasteiger partial charge in [-0.1, -0.05) is 30.3 Å². The molecular weight excluding hydrogens is 433 g/mol. The lowest BCUT2D eigenvalue weighted by atomic mass is 10.2. The van der Waals surface area contributed by atoms with Crippen molar-refractivity contribution in [1.29, 1.82) is 0 Å². The third-order valence-electron chi connectivity index (χ3n) is 5.88. The maximum Gasteiger partial charge on any atom is 0.416 e. The average Bonchev–Trinajstić information content (AvgIpc) is 2.79. The molecular formula is C24H29F3N4O2. The molecule has 0 radical (unpaired) electrons. The van der Waals surface area contributed by atoms with Crippen molar-refractivity contribution in [2.24, 2.45) is 0 Å². The van der Waals surface area contributed by atoms with Crippen molar-refractivity contribution in [1.82, 2.24) is 14.7 Å². The standard InChI is InChI=1S/C24H29F3N4O2/c1-18(23(33)28-21-10-8-20(9-11-21)24(25,26)27)29(2)17-22(32)31-14-12-30(13-15-31)16-19-6-4-3-5-7-19/h3-11,18H,12-17H2,1-2H3,(H,28,33). The van der Waals surface area contributed by atoms with E-state index in [2.05, 4.69) is 22.3 Å². The summed E-state index contributed by atoms with van der Waals surface area (Å²) in [6, 6.07) is 13.8. The van der Waals surface area contributed by atoms with E-state index in [-0.39, 0.29) is 18.1 Å². The fourth-order valence-corrected chi connectivity index (χ4v) is 3.64. The van der Waals surface area contributed by atoms with Crippen molar-refractivity contribution in [2.45, 2.75) is 25.7 Å². The summed E-state index contributed by atoms with van der Waals surface area (Å²) in [6.45, 7) is 5.43. The Bertz CT molecular complexity index is 927. The zero-order valence-corrected chi connectivity index (χ0v) is 18.8. The van der Waals surface area contributed by atoms with Crippen molar-refractivity contribution in [3.05, 3.63) is 65.7 Å². The van der Waals surface area contributed by atoms with Gasteiger partial charge in [0.1, 0.15) is 0 Å². The molecule has 33 heavy (non-hydrogen) atoms. The number of nitrogens with one attached hydrogen (secondary N) is 1. The SMILES string of the molecule is CC(C(=O)Nc1ccc(C(F)(F)F)cc1)N(C)CC(=O)N1CCN(Cc2ccccc2)CC1. The van der Waals surface area contributed by atoms with E-state index in [1.165, 1.54) is 17.7 Å². The molecule has 1 unspecified atom stereocenters. The summed E-state index contributed by atoms with van der Waals surface area (Å²) in [5, 5.41) is 2.60. The van der Waals surface area contributed by atoms with Gasteiger partial charge < -0.3 is 10.2 Å². The number of piperazine rings is 1. The van der Waals surface area contributed by atoms with Crippen LogP contribution in [0.15, 0.2) is 54.6 Å². The summed E-state index contributed by atoms with van der Waals surface area (Å²) in [4.78, 5) is 31.0. The molecule has 2 aromatic rings. The Morgan fingerprint density at radius 3 is 2.18 bits per heavy atom. The maximum atomic E-state index is 12.7. The van der Waals surface area contributed by atoms with E-state index in [1.54, 1.807) is 23.8 Å². The second-order valence-electron chi connectivity index (χ2n) is 8.30. The van der Waals surface area contributed by atoms with E-state index in [9.17, 15) is 22.8 Å². The van der Waals surface area contributed by atoms with Crippen molar-refractivity contribution >= 4 is 17.5 Å². The third kappa shape index (κ3) is 7.03. The molecule has 178 valence electrons. The molecule has 1 saturated heterocycles. The summed E-state index contributed by atoms with van der Waals surface area (Å²) in [6.07, 6.45) is -4.43. The van der Waals surface area contributed by atoms with Gasteiger partial charge in [-0.3, -0.25) is 19.4 Å². The Balaban J connectivity index is 1.44. The molecule has 9 heteroatoms. The Morgan fingerprint density at radius 2 is 1.61 bits per heavy atom. The van der Waals surface area contributed by atoms with Crippen molar-refractivity contribution in [2.75, 3.05) is 45.1 Å². The average molecular weight is 463 g/mol. The number of hydrogen-bond donors (Lipinski definition) is 1. The molecule has 1 heterocycles. The monoisotopic (exact) mass is 462 g/mol. The first-order chi connectivity index (χ1) is 15.6. The molecule has 0 saturated carbocycles. The number of hydrogen-bond acceptors (Lipinski definition) is 4. The van der Waals surface area contributed by atoms with Gasteiger partial charge in [-0.25, -0.2) is 0 Å². The Labute approximate surface area is 192 Å². The first kappa shape index (κ1) is 24.7. The number of amides is 2. The summed E-state index contributed by atoms with van der Waals surface area (Å²) in [5.74, 6) is -0.441. The second-order valence-corrected chi connectivity index (χ2v) is 8.30. The number of carbonyl (C=O) groups is 2. The minimum Gasteiger partial charge on any atom is -0.339 e. The highest BCUT2D eigenvalue weighted by Crippen LogP contribution is 2.29. The summed E-state index contributed by atoms with van der Waals surface area (Å²) >= 11 is 0. The Hall–Kier alpha value is -2.91. The molecule has 0 bridgehead atoms. The fraction of sp³-hybridized carbons (Fsp3) is 0.417. The quantitative estimate of drug-likeness (QED) is 0.686. The van der Waals surface area contributed by atoms with Crippen LogP contribution >= 0.6 is 0 Å². The van der Waals surface area contributed by atoms with Gasteiger partial charge in [0.25, 0.3) is 0 Å². The number of likely N-dealkylation sites (N-methyl/N-ethyl adjacent to an activating group) is 1. The van der Waals surface area contributed by atoms with Crippen molar-refractivity contribution < 1.29 is 22.8 Å². The topological polar surface area (TPSA) is 55.9 Å². The normalized spacial score (nSPS) is 16.0. The van der Waals surface area contributed by atoms with Crippen molar-refractivity contribution in [3.8, 4) is 0 Å². The highest BCUT2D eigenvalue weighted by molar-refractivity contribution is 5.94. The Morgan fingerprint density at radius 1 is 1.00 bits per heavy atom. The van der Waals surface area contributed by atoms with Gasteiger partial charge in [0.15, 0.2) is 0 Å². The lowest BCUT2D eigenvalue weighted by Gasteiger charge is -2.36. The van der Waals surface area contributed by atoms with Crippen LogP contribution in [0.4, 0.5) is 18.9 Å². The summed E-state index contributed by atoms with van der Waals surface area (Å²) in [5.41, 5.74) is 0.735. The number of nitrogens with zero attached hydrogens (tertiary/aromatic N) is 3. The predicted molar refractivity (Wildman–Crippen MR) is 120 cm³/mol. The molecule has 1 atom stereocenters. The summed E-state index contributed by atoms with van der Waals surface area (Å²) in [7, 11) is 1.68. The Kier molecular flexibility index (Phi) is 8.10. The first-order valence-corrected chi connectivity index (χ1v) is 10.9. The molecule has 1 N–H and O–H groups in total. The van der Waals surface area contributed by atoms with Gasteiger partial charge >= 0.3 is 6.18 Å². The highest BCUT2D eigenvalue weighted by Gasteiger charge is 2.30. The number of alkyl halides is 3. The molecule has 0 aromatic heterocycles. The molecule has 0 aliphatic carbocycles. The number of carbonyl (C=O) groups excluding carboxylic acids is 2. The summed E-state index contributed by atoms with van der Waals surface area (Å²) < 4.78 is 38.0. The van der Waals surface area contributed by atoms with Gasteiger partial charge in [0.2, 0.25) is 11.8 Å². The van der Waals surface area contributed by atoms with E-state index in [4.69, 9.17) is 0 Å². The molecule has 1 aliphatic heterocycles. The van der Waals surface area contributed by atoms with Crippen LogP contribution in [0.3, 0.4) is 0 Å². The molecule has 2 aromatic carbocycles. The van der Waals surface area contributed by atoms with E-state index in [0.29, 0.717) is 13.1 Å². The van der Waals surface area contributed by atoms with Gasteiger partial charge in [0, 0.05) is 38.4 Å². The zero-order chi connectivity index (χ0) is 24.0. The van der Waals surface area contributed by atoms with Gasteiger partial charge in [-0.15, -0.1) is 0 Å². The molecule has 1 aliphatic rings. The molecule has 0 spiro atoms. The van der Waals surface area contributed by atoms with Crippen LogP contribution < -0.4 is 5.32 Å². The minimum atomic E-state index is -4.43. The number of benzene rings is 2. The van der Waals surface area contributed by atoms with Gasteiger partial charge in [-0.2, -0.15) is 13.2 Å². The third-order valence-corrected chi connectivity index (χ3v) is 5.88. The lowest BCUT2D eigenvalue weighted by molar-refractivity contribution is -0.137. The van der Waals surface area contributed by atoms with E-state index < -0.39 is 23.7 Å². The zero-order valence-electron chi connectivity index (χ0n) is 18.8. The molecule has 2 amide bonds. The van der Waals surface area contributed by atoms with Crippen LogP contribution in [-0.2, 0) is 22.3 Å². The van der Waals surface area contributed by atoms with Crippen LogP contribution in [0.1, 0.15) is 18.1 Å². The van der Waals surface area contributed by atoms with Crippen LogP contribution in [0, 0.1) is 0 Å². The highest BCUT2D eigenvalue weighted by atomic mass is 19.4. The smallest absolute Gasteiger partial charge is 0.339 e. The van der Waals surface area contributed by atoms with Gasteiger partial charge in [0.05, 0.1) is 18.2 Å². The van der Waals surface area contributed by atoms with Gasteiger partial charge in [-0.05, 0) is 43.8 Å². The second kappa shape index (κ2) is 10.8. The molecule has 6 nitrogen and oxygen atoms in total. The molecule has 3 rings (SSSR count). The van der Waals surface area contributed by atoms with Crippen LogP contribution in [0.25, 0.3) is 0 Å². The van der Waals surface area contributed by atoms with E-state index in [1.807, 2.05) is 18.2 Å². The largest absolute Gasteiger partial charge is 0.416 e. The minimum absolute atomic E-state index is 0.0500. The van der Waals surface area contributed by atoms with Crippen LogP contribution in [-0.4, -0.2) is 72.3 Å². The lowest BCUT2D eigenvalue weighted by Crippen LogP contribution is -2.52. The van der Waals surface area contributed by atoms with E-state index >= 15 is 0 Å². The van der Waals surface area contributed by atoms with Crippen LogP contribution in [0.5, 0.6) is 0 Å². The maximum absolute atomic E-state index is 12.7. The number of rotatable bonds is 7. The fourth-order valence-electron chi connectivity index (χ4n) is 3.64. The number of anilines is 1.